The van der Waals surface area contributed by atoms with Crippen molar-refractivity contribution >= 4 is 5.69 Å². The summed E-state index contributed by atoms with van der Waals surface area (Å²) >= 11 is 0. The summed E-state index contributed by atoms with van der Waals surface area (Å²) in [6.45, 7) is 4.63. The molecule has 2 aliphatic heterocycles. The highest BCUT2D eigenvalue weighted by Crippen LogP contribution is 2.32. The summed E-state index contributed by atoms with van der Waals surface area (Å²) in [7, 11) is 0. The maximum Gasteiger partial charge on any atom is 0.247 e. The smallest absolute Gasteiger partial charge is 0.247 e. The molecule has 2 atom stereocenters. The molecule has 1 N–H and O–H groups in total. The van der Waals surface area contributed by atoms with Crippen LogP contribution in [0.5, 0.6) is 0 Å². The van der Waals surface area contributed by atoms with Gasteiger partial charge in [-0.3, -0.25) is 4.90 Å². The van der Waals surface area contributed by atoms with Gasteiger partial charge in [0.2, 0.25) is 12.3 Å². The molecule has 2 fully saturated rings. The first-order valence-electron chi connectivity index (χ1n) is 7.69. The highest BCUT2D eigenvalue weighted by Gasteiger charge is 2.37. The van der Waals surface area contributed by atoms with Gasteiger partial charge in [0.1, 0.15) is 0 Å². The van der Waals surface area contributed by atoms with Gasteiger partial charge in [0.15, 0.2) is 0 Å². The Labute approximate surface area is 124 Å². The van der Waals surface area contributed by atoms with E-state index in [2.05, 4.69) is 39.5 Å². The molecule has 21 heavy (non-hydrogen) atoms. The second kappa shape index (κ2) is 5.15. The number of nitrogens with zero attached hydrogens (tertiary/aromatic N) is 3. The van der Waals surface area contributed by atoms with Crippen LogP contribution in [0.2, 0.25) is 0 Å². The van der Waals surface area contributed by atoms with Gasteiger partial charge in [-0.05, 0) is 50.4 Å². The average molecular weight is 284 g/mol. The third-order valence-electron chi connectivity index (χ3n) is 4.79. The van der Waals surface area contributed by atoms with Crippen LogP contribution in [0.3, 0.4) is 0 Å². The van der Waals surface area contributed by atoms with Crippen molar-refractivity contribution in [3.05, 3.63) is 30.2 Å². The largest absolute Gasteiger partial charge is 0.423 e. The monoisotopic (exact) mass is 284 g/mol. The molecule has 2 saturated heterocycles. The molecule has 5 nitrogen and oxygen atoms in total. The molecule has 110 valence electrons. The molecule has 4 rings (SSSR count). The van der Waals surface area contributed by atoms with Gasteiger partial charge in [-0.25, -0.2) is 0 Å². The minimum Gasteiger partial charge on any atom is -0.423 e. The van der Waals surface area contributed by atoms with Crippen molar-refractivity contribution in [2.24, 2.45) is 0 Å². The second-order valence-corrected chi connectivity index (χ2v) is 6.06. The maximum absolute atomic E-state index is 5.30. The number of aryl methyl sites for hydroxylation is 1. The Bertz CT molecular complexity index is 625. The summed E-state index contributed by atoms with van der Waals surface area (Å²) in [5, 5.41) is 11.5. The fourth-order valence-corrected chi connectivity index (χ4v) is 3.66. The first-order valence-corrected chi connectivity index (χ1v) is 7.69. The Morgan fingerprint density at radius 3 is 3.10 bits per heavy atom. The predicted molar refractivity (Wildman–Crippen MR) is 81.1 cm³/mol. The van der Waals surface area contributed by atoms with Crippen LogP contribution < -0.4 is 5.32 Å². The number of nitrogens with one attached hydrogen (secondary N) is 1. The van der Waals surface area contributed by atoms with Gasteiger partial charge in [0, 0.05) is 29.9 Å². The van der Waals surface area contributed by atoms with E-state index in [0.717, 1.165) is 5.56 Å². The number of hydrogen-bond donors (Lipinski definition) is 1. The van der Waals surface area contributed by atoms with E-state index >= 15 is 0 Å². The van der Waals surface area contributed by atoms with Crippen molar-refractivity contribution in [2.45, 2.75) is 38.3 Å². The lowest BCUT2D eigenvalue weighted by molar-refractivity contribution is 0.318. The molecule has 3 heterocycles. The summed E-state index contributed by atoms with van der Waals surface area (Å²) in [5.41, 5.74) is 3.42. The topological polar surface area (TPSA) is 54.2 Å². The minimum atomic E-state index is 0.559. The zero-order valence-electron chi connectivity index (χ0n) is 12.2. The third-order valence-corrected chi connectivity index (χ3v) is 4.79. The molecular weight excluding hydrogens is 264 g/mol. The number of fused-ring (bicyclic) bond motifs is 1. The molecule has 0 bridgehead atoms. The lowest BCUT2D eigenvalue weighted by atomic mass is 10.0. The molecule has 0 saturated carbocycles. The number of aromatic nitrogens is 2. The van der Waals surface area contributed by atoms with Crippen molar-refractivity contribution in [3.8, 4) is 11.5 Å². The Morgan fingerprint density at radius 1 is 1.29 bits per heavy atom. The van der Waals surface area contributed by atoms with E-state index in [1.807, 2.05) is 6.07 Å². The van der Waals surface area contributed by atoms with Crippen LogP contribution in [0, 0.1) is 6.92 Å². The minimum absolute atomic E-state index is 0.559. The lowest BCUT2D eigenvalue weighted by Gasteiger charge is -2.23. The van der Waals surface area contributed by atoms with Gasteiger partial charge in [0.25, 0.3) is 0 Å². The van der Waals surface area contributed by atoms with Crippen LogP contribution in [0.4, 0.5) is 5.69 Å². The van der Waals surface area contributed by atoms with Crippen LogP contribution in [0.15, 0.2) is 29.0 Å². The standard InChI is InChI=1S/C16H20N4O/c1-11-4-5-12(16-19-17-10-21-16)9-14(11)18-13-6-8-20-7-2-3-15(13)20/h4-5,9-10,13,15,18H,2-3,6-8H2,1H3. The summed E-state index contributed by atoms with van der Waals surface area (Å²) in [4.78, 5) is 2.62. The number of benzene rings is 1. The van der Waals surface area contributed by atoms with Crippen molar-refractivity contribution in [3.63, 3.8) is 0 Å². The second-order valence-electron chi connectivity index (χ2n) is 6.06. The normalized spacial score (nSPS) is 25.2. The predicted octanol–water partition coefficient (Wildman–Crippen LogP) is 2.69. The van der Waals surface area contributed by atoms with Crippen LogP contribution >= 0.6 is 0 Å². The fraction of sp³-hybridized carbons (Fsp3) is 0.500. The zero-order chi connectivity index (χ0) is 14.2. The molecule has 2 aliphatic rings. The van der Waals surface area contributed by atoms with E-state index in [1.54, 1.807) is 0 Å². The molecule has 2 aromatic rings. The van der Waals surface area contributed by atoms with Crippen molar-refractivity contribution in [2.75, 3.05) is 18.4 Å². The van der Waals surface area contributed by atoms with E-state index in [9.17, 15) is 0 Å². The fourth-order valence-electron chi connectivity index (χ4n) is 3.66. The molecule has 2 unspecified atom stereocenters. The first kappa shape index (κ1) is 12.8. The van der Waals surface area contributed by atoms with Gasteiger partial charge in [-0.2, -0.15) is 0 Å². The molecular formula is C16H20N4O. The first-order chi connectivity index (χ1) is 10.3. The number of hydrogen-bond acceptors (Lipinski definition) is 5. The third kappa shape index (κ3) is 2.31. The van der Waals surface area contributed by atoms with E-state index < -0.39 is 0 Å². The summed E-state index contributed by atoms with van der Waals surface area (Å²) < 4.78 is 5.30. The molecule has 0 amide bonds. The molecule has 5 heteroatoms. The van der Waals surface area contributed by atoms with E-state index in [1.165, 1.54) is 50.0 Å². The van der Waals surface area contributed by atoms with Gasteiger partial charge in [-0.1, -0.05) is 6.07 Å². The summed E-state index contributed by atoms with van der Waals surface area (Å²) in [6, 6.07) is 7.54. The van der Waals surface area contributed by atoms with E-state index in [4.69, 9.17) is 4.42 Å². The molecule has 0 spiro atoms. The average Bonchev–Trinajstić information content (AvgIpc) is 3.19. The van der Waals surface area contributed by atoms with Gasteiger partial charge >= 0.3 is 0 Å². The molecule has 1 aromatic heterocycles. The Balaban J connectivity index is 1.58. The highest BCUT2D eigenvalue weighted by molar-refractivity contribution is 5.64. The van der Waals surface area contributed by atoms with Crippen molar-refractivity contribution < 1.29 is 4.42 Å². The van der Waals surface area contributed by atoms with Crippen molar-refractivity contribution in [1.29, 1.82) is 0 Å². The van der Waals surface area contributed by atoms with Crippen molar-refractivity contribution in [1.82, 2.24) is 15.1 Å². The Morgan fingerprint density at radius 2 is 2.24 bits per heavy atom. The zero-order valence-corrected chi connectivity index (χ0v) is 12.2. The van der Waals surface area contributed by atoms with Crippen LogP contribution in [0.1, 0.15) is 24.8 Å². The number of anilines is 1. The van der Waals surface area contributed by atoms with Crippen LogP contribution in [-0.4, -0.2) is 40.3 Å². The highest BCUT2D eigenvalue weighted by atomic mass is 16.4. The van der Waals surface area contributed by atoms with Crippen LogP contribution in [0.25, 0.3) is 11.5 Å². The SMILES string of the molecule is Cc1ccc(-c2nnco2)cc1NC1CCN2CCCC12. The Kier molecular flexibility index (Phi) is 3.15. The molecule has 1 aromatic carbocycles. The van der Waals surface area contributed by atoms with Gasteiger partial charge < -0.3 is 9.73 Å². The van der Waals surface area contributed by atoms with Gasteiger partial charge in [0.05, 0.1) is 0 Å². The Hall–Kier alpha value is -1.88. The molecule has 0 radical (unpaired) electrons. The number of rotatable bonds is 3. The lowest BCUT2D eigenvalue weighted by Crippen LogP contribution is -2.33. The van der Waals surface area contributed by atoms with Gasteiger partial charge in [-0.15, -0.1) is 10.2 Å². The summed E-state index contributed by atoms with van der Waals surface area (Å²) in [5.74, 6) is 0.576. The maximum atomic E-state index is 5.30. The van der Waals surface area contributed by atoms with Crippen LogP contribution in [-0.2, 0) is 0 Å². The quantitative estimate of drug-likeness (QED) is 0.939. The van der Waals surface area contributed by atoms with E-state index in [-0.39, 0.29) is 0 Å². The summed E-state index contributed by atoms with van der Waals surface area (Å²) in [6.07, 6.45) is 5.26. The van der Waals surface area contributed by atoms with E-state index in [0.29, 0.717) is 18.0 Å². The molecule has 0 aliphatic carbocycles.